The van der Waals surface area contributed by atoms with E-state index < -0.39 is 17.5 Å². The predicted molar refractivity (Wildman–Crippen MR) is 84.8 cm³/mol. The normalized spacial score (nSPS) is 12.0. The van der Waals surface area contributed by atoms with Gasteiger partial charge in [0.1, 0.15) is 0 Å². The van der Waals surface area contributed by atoms with Crippen molar-refractivity contribution in [1.82, 2.24) is 0 Å². The topological polar surface area (TPSA) is 0 Å². The van der Waals surface area contributed by atoms with E-state index in [1.165, 1.54) is 12.2 Å². The standard InChI is InChI=1S/C19H14F4/c1-12-3-6-14(7-4-12)13(2)5-8-15(11-20)16-9-17(21)19(23)18(22)10-16/h3-11H,2H2,1H3. The minimum absolute atomic E-state index is 0.0870. The van der Waals surface area contributed by atoms with Crippen molar-refractivity contribution in [3.8, 4) is 0 Å². The monoisotopic (exact) mass is 318 g/mol. The summed E-state index contributed by atoms with van der Waals surface area (Å²) in [4.78, 5) is 0. The molecule has 0 heterocycles. The van der Waals surface area contributed by atoms with Gasteiger partial charge in [-0.05, 0) is 35.8 Å². The Labute approximate surface area is 132 Å². The van der Waals surface area contributed by atoms with Gasteiger partial charge < -0.3 is 0 Å². The number of rotatable bonds is 4. The number of halogens is 4. The fourth-order valence-electron chi connectivity index (χ4n) is 1.97. The van der Waals surface area contributed by atoms with Crippen LogP contribution in [0.4, 0.5) is 17.6 Å². The molecular formula is C19H14F4. The Morgan fingerprint density at radius 3 is 2.00 bits per heavy atom. The first-order chi connectivity index (χ1) is 10.9. The van der Waals surface area contributed by atoms with Crippen LogP contribution in [0.1, 0.15) is 16.7 Å². The minimum atomic E-state index is -1.58. The molecule has 2 aromatic rings. The minimum Gasteiger partial charge on any atom is -0.215 e. The van der Waals surface area contributed by atoms with Crippen molar-refractivity contribution in [3.05, 3.63) is 95.6 Å². The highest BCUT2D eigenvalue weighted by Gasteiger charge is 2.12. The first kappa shape index (κ1) is 16.7. The second-order valence-electron chi connectivity index (χ2n) is 5.04. The van der Waals surface area contributed by atoms with Crippen LogP contribution in [0.2, 0.25) is 0 Å². The fourth-order valence-corrected chi connectivity index (χ4v) is 1.97. The van der Waals surface area contributed by atoms with Crippen LogP contribution in [-0.2, 0) is 0 Å². The average molecular weight is 318 g/mol. The van der Waals surface area contributed by atoms with E-state index in [0.717, 1.165) is 23.3 Å². The van der Waals surface area contributed by atoms with Gasteiger partial charge in [-0.3, -0.25) is 0 Å². The van der Waals surface area contributed by atoms with Gasteiger partial charge in [0.15, 0.2) is 17.5 Å². The lowest BCUT2D eigenvalue weighted by Crippen LogP contribution is -1.93. The zero-order valence-corrected chi connectivity index (χ0v) is 12.4. The predicted octanol–water partition coefficient (Wildman–Crippen LogP) is 5.99. The van der Waals surface area contributed by atoms with Crippen molar-refractivity contribution < 1.29 is 17.6 Å². The van der Waals surface area contributed by atoms with Gasteiger partial charge in [-0.25, -0.2) is 17.6 Å². The van der Waals surface area contributed by atoms with Crippen LogP contribution < -0.4 is 0 Å². The summed E-state index contributed by atoms with van der Waals surface area (Å²) in [5.41, 5.74) is 2.34. The van der Waals surface area contributed by atoms with E-state index >= 15 is 0 Å². The molecule has 0 unspecified atom stereocenters. The quantitative estimate of drug-likeness (QED) is 0.369. The van der Waals surface area contributed by atoms with E-state index in [0.29, 0.717) is 5.57 Å². The number of hydrogen-bond donors (Lipinski definition) is 0. The summed E-state index contributed by atoms with van der Waals surface area (Å²) in [6.45, 7) is 5.81. The summed E-state index contributed by atoms with van der Waals surface area (Å²) in [5.74, 6) is -4.32. The van der Waals surface area contributed by atoms with Crippen LogP contribution in [0, 0.1) is 24.4 Å². The maximum absolute atomic E-state index is 13.2. The van der Waals surface area contributed by atoms with E-state index in [9.17, 15) is 17.6 Å². The summed E-state index contributed by atoms with van der Waals surface area (Å²) < 4.78 is 52.4. The molecule has 0 nitrogen and oxygen atoms in total. The van der Waals surface area contributed by atoms with Crippen LogP contribution in [0.5, 0.6) is 0 Å². The van der Waals surface area contributed by atoms with Crippen molar-refractivity contribution in [2.75, 3.05) is 0 Å². The van der Waals surface area contributed by atoms with Gasteiger partial charge in [0.25, 0.3) is 0 Å². The third-order valence-electron chi connectivity index (χ3n) is 3.32. The molecular weight excluding hydrogens is 304 g/mol. The summed E-state index contributed by atoms with van der Waals surface area (Å²) in [6.07, 6.45) is 3.05. The summed E-state index contributed by atoms with van der Waals surface area (Å²) in [7, 11) is 0. The van der Waals surface area contributed by atoms with Gasteiger partial charge in [0.2, 0.25) is 0 Å². The van der Waals surface area contributed by atoms with Crippen LogP contribution in [0.15, 0.2) is 61.5 Å². The maximum Gasteiger partial charge on any atom is 0.194 e. The third kappa shape index (κ3) is 3.97. The molecule has 0 saturated carbocycles. The van der Waals surface area contributed by atoms with Gasteiger partial charge in [-0.2, -0.15) is 0 Å². The molecule has 2 aromatic carbocycles. The SMILES string of the molecule is C=C(C=CC(=CF)c1cc(F)c(F)c(F)c1)c1ccc(C)cc1. The molecule has 0 bridgehead atoms. The molecule has 0 saturated heterocycles. The molecule has 2 rings (SSSR count). The van der Waals surface area contributed by atoms with Gasteiger partial charge in [0, 0.05) is 5.57 Å². The summed E-state index contributed by atoms with van der Waals surface area (Å²) in [6, 6.07) is 9.01. The molecule has 0 aliphatic rings. The van der Waals surface area contributed by atoms with E-state index in [1.807, 2.05) is 31.2 Å². The van der Waals surface area contributed by atoms with Crippen molar-refractivity contribution in [2.24, 2.45) is 0 Å². The number of benzene rings is 2. The molecule has 0 atom stereocenters. The van der Waals surface area contributed by atoms with Crippen LogP contribution >= 0.6 is 0 Å². The van der Waals surface area contributed by atoms with Crippen molar-refractivity contribution in [2.45, 2.75) is 6.92 Å². The lowest BCUT2D eigenvalue weighted by molar-refractivity contribution is 0.446. The molecule has 0 aromatic heterocycles. The zero-order chi connectivity index (χ0) is 17.0. The first-order valence-corrected chi connectivity index (χ1v) is 6.81. The lowest BCUT2D eigenvalue weighted by Gasteiger charge is -2.05. The molecule has 0 aliphatic heterocycles. The average Bonchev–Trinajstić information content (AvgIpc) is 2.53. The van der Waals surface area contributed by atoms with Crippen LogP contribution in [-0.4, -0.2) is 0 Å². The first-order valence-electron chi connectivity index (χ1n) is 6.81. The van der Waals surface area contributed by atoms with E-state index in [2.05, 4.69) is 6.58 Å². The van der Waals surface area contributed by atoms with Crippen molar-refractivity contribution >= 4 is 11.1 Å². The molecule has 23 heavy (non-hydrogen) atoms. The third-order valence-corrected chi connectivity index (χ3v) is 3.32. The molecule has 0 spiro atoms. The largest absolute Gasteiger partial charge is 0.215 e. The molecule has 118 valence electrons. The Kier molecular flexibility index (Phi) is 5.16. The maximum atomic E-state index is 13.2. The number of allylic oxidation sites excluding steroid dienone is 4. The Bertz CT molecular complexity index is 761. The molecule has 0 fully saturated rings. The van der Waals surface area contributed by atoms with Crippen molar-refractivity contribution in [1.29, 1.82) is 0 Å². The van der Waals surface area contributed by atoms with E-state index in [1.54, 1.807) is 0 Å². The summed E-state index contributed by atoms with van der Waals surface area (Å²) in [5, 5.41) is 0. The smallest absolute Gasteiger partial charge is 0.194 e. The Morgan fingerprint density at radius 2 is 1.48 bits per heavy atom. The summed E-state index contributed by atoms with van der Waals surface area (Å²) >= 11 is 0. The second-order valence-corrected chi connectivity index (χ2v) is 5.04. The van der Waals surface area contributed by atoms with Crippen molar-refractivity contribution in [3.63, 3.8) is 0 Å². The lowest BCUT2D eigenvalue weighted by atomic mass is 10.0. The fraction of sp³-hybridized carbons (Fsp3) is 0.0526. The van der Waals surface area contributed by atoms with Crippen LogP contribution in [0.25, 0.3) is 11.1 Å². The van der Waals surface area contributed by atoms with E-state index in [-0.39, 0.29) is 17.5 Å². The number of hydrogen-bond acceptors (Lipinski definition) is 0. The van der Waals surface area contributed by atoms with E-state index in [4.69, 9.17) is 0 Å². The Balaban J connectivity index is 2.26. The van der Waals surface area contributed by atoms with Gasteiger partial charge in [-0.1, -0.05) is 48.6 Å². The molecule has 0 amide bonds. The zero-order valence-electron chi connectivity index (χ0n) is 12.4. The Hall–Kier alpha value is -2.62. The molecule has 0 radical (unpaired) electrons. The molecule has 4 heteroatoms. The second kappa shape index (κ2) is 7.09. The van der Waals surface area contributed by atoms with Gasteiger partial charge in [-0.15, -0.1) is 0 Å². The highest BCUT2D eigenvalue weighted by molar-refractivity contribution is 5.80. The molecule has 0 aliphatic carbocycles. The molecule has 0 N–H and O–H groups in total. The van der Waals surface area contributed by atoms with Gasteiger partial charge >= 0.3 is 0 Å². The van der Waals surface area contributed by atoms with Crippen LogP contribution in [0.3, 0.4) is 0 Å². The number of aryl methyl sites for hydroxylation is 1. The van der Waals surface area contributed by atoms with Gasteiger partial charge in [0.05, 0.1) is 6.33 Å². The highest BCUT2D eigenvalue weighted by Crippen LogP contribution is 2.23. The Morgan fingerprint density at radius 1 is 0.913 bits per heavy atom. The highest BCUT2D eigenvalue weighted by atomic mass is 19.2.